The zero-order valence-corrected chi connectivity index (χ0v) is 15.3. The number of nitrogens with two attached hydrogens (primary N) is 1. The third-order valence-corrected chi connectivity index (χ3v) is 4.30. The molecule has 0 radical (unpaired) electrons. The Bertz CT molecular complexity index is 1140. The van der Waals surface area contributed by atoms with Crippen molar-refractivity contribution in [2.24, 2.45) is 0 Å². The summed E-state index contributed by atoms with van der Waals surface area (Å²) in [6, 6.07) is 20.7. The fraction of sp³-hybridized carbons (Fsp3) is 0.0909. The zero-order valence-electron chi connectivity index (χ0n) is 15.3. The third kappa shape index (κ3) is 3.40. The summed E-state index contributed by atoms with van der Waals surface area (Å²) in [5.41, 5.74) is 11.0. The molecule has 0 amide bonds. The average molecular weight is 370 g/mol. The fourth-order valence-corrected chi connectivity index (χ4v) is 2.98. The molecule has 6 nitrogen and oxygen atoms in total. The van der Waals surface area contributed by atoms with E-state index in [1.807, 2.05) is 54.6 Å². The highest BCUT2D eigenvalue weighted by atomic mass is 16.5. The lowest BCUT2D eigenvalue weighted by Gasteiger charge is -2.09. The van der Waals surface area contributed by atoms with Gasteiger partial charge in [-0.15, -0.1) is 0 Å². The lowest BCUT2D eigenvalue weighted by Crippen LogP contribution is -2.04. The number of pyridine rings is 1. The summed E-state index contributed by atoms with van der Waals surface area (Å²) < 4.78 is 5.02. The van der Waals surface area contributed by atoms with E-state index in [1.54, 1.807) is 19.1 Å². The van der Waals surface area contributed by atoms with Gasteiger partial charge in [0.05, 0.1) is 23.4 Å². The highest BCUT2D eigenvalue weighted by Crippen LogP contribution is 2.28. The van der Waals surface area contributed by atoms with Crippen LogP contribution in [0.3, 0.4) is 0 Å². The van der Waals surface area contributed by atoms with Crippen LogP contribution in [-0.4, -0.2) is 27.5 Å². The van der Waals surface area contributed by atoms with E-state index in [2.05, 4.69) is 9.97 Å². The van der Waals surface area contributed by atoms with Crippen molar-refractivity contribution >= 4 is 23.0 Å². The molecule has 4 rings (SSSR count). The van der Waals surface area contributed by atoms with Gasteiger partial charge in [-0.25, -0.2) is 19.7 Å². The van der Waals surface area contributed by atoms with Crippen molar-refractivity contribution in [1.82, 2.24) is 15.0 Å². The molecule has 0 aliphatic rings. The molecule has 0 saturated carbocycles. The van der Waals surface area contributed by atoms with E-state index in [-0.39, 0.29) is 11.9 Å². The van der Waals surface area contributed by atoms with E-state index in [9.17, 15) is 4.79 Å². The van der Waals surface area contributed by atoms with Gasteiger partial charge >= 0.3 is 5.97 Å². The van der Waals surface area contributed by atoms with Crippen molar-refractivity contribution in [2.45, 2.75) is 6.92 Å². The molecule has 0 saturated heterocycles. The number of nitrogen functional groups attached to an aromatic ring is 1. The Kier molecular flexibility index (Phi) is 4.68. The number of hydrogen-bond acceptors (Lipinski definition) is 6. The number of fused-ring (bicyclic) bond motifs is 1. The summed E-state index contributed by atoms with van der Waals surface area (Å²) >= 11 is 0. The summed E-state index contributed by atoms with van der Waals surface area (Å²) in [4.78, 5) is 25.3. The van der Waals surface area contributed by atoms with Gasteiger partial charge in [-0.1, -0.05) is 42.5 Å². The first-order valence-electron chi connectivity index (χ1n) is 8.93. The Morgan fingerprint density at radius 3 is 2.36 bits per heavy atom. The maximum atomic E-state index is 11.8. The number of benzene rings is 2. The van der Waals surface area contributed by atoms with Crippen molar-refractivity contribution in [3.63, 3.8) is 0 Å². The number of carbonyl (C=O) groups is 1. The van der Waals surface area contributed by atoms with Crippen molar-refractivity contribution in [2.75, 3.05) is 12.3 Å². The molecule has 0 aliphatic carbocycles. The number of carbonyl (C=O) groups excluding carboxylic acids is 1. The standard InChI is InChI=1S/C22H18N4O2/c1-2-28-21(27)16-10-8-14(9-11-16)17-12-13-18-20(24-17)19(26-22(23)25-18)15-6-4-3-5-7-15/h3-13H,2H2,1H3,(H2,23,25,26). The molecular weight excluding hydrogens is 352 g/mol. The molecule has 2 heterocycles. The average Bonchev–Trinajstić information content (AvgIpc) is 2.74. The van der Waals surface area contributed by atoms with Crippen LogP contribution in [0.1, 0.15) is 17.3 Å². The summed E-state index contributed by atoms with van der Waals surface area (Å²) in [5.74, 6) is -0.129. The van der Waals surface area contributed by atoms with E-state index >= 15 is 0 Å². The first-order chi connectivity index (χ1) is 13.7. The van der Waals surface area contributed by atoms with Gasteiger partial charge in [0.2, 0.25) is 5.95 Å². The van der Waals surface area contributed by atoms with Crippen LogP contribution in [0.15, 0.2) is 66.7 Å². The molecule has 2 aromatic heterocycles. The van der Waals surface area contributed by atoms with Gasteiger partial charge in [-0.05, 0) is 31.2 Å². The second kappa shape index (κ2) is 7.44. The SMILES string of the molecule is CCOC(=O)c1ccc(-c2ccc3nc(N)nc(-c4ccccc4)c3n2)cc1. The van der Waals surface area contributed by atoms with Crippen LogP contribution in [-0.2, 0) is 4.74 Å². The minimum Gasteiger partial charge on any atom is -0.462 e. The largest absolute Gasteiger partial charge is 0.462 e. The summed E-state index contributed by atoms with van der Waals surface area (Å²) in [5, 5.41) is 0. The molecule has 0 aliphatic heterocycles. The lowest BCUT2D eigenvalue weighted by atomic mass is 10.1. The second-order valence-corrected chi connectivity index (χ2v) is 6.16. The monoisotopic (exact) mass is 370 g/mol. The minimum absolute atomic E-state index is 0.208. The Labute approximate surface area is 162 Å². The molecule has 2 aromatic carbocycles. The molecule has 0 unspecified atom stereocenters. The fourth-order valence-electron chi connectivity index (χ4n) is 2.98. The van der Waals surface area contributed by atoms with Gasteiger partial charge < -0.3 is 10.5 Å². The van der Waals surface area contributed by atoms with Crippen molar-refractivity contribution < 1.29 is 9.53 Å². The van der Waals surface area contributed by atoms with Crippen LogP contribution in [0.4, 0.5) is 5.95 Å². The van der Waals surface area contributed by atoms with Crippen LogP contribution < -0.4 is 5.73 Å². The smallest absolute Gasteiger partial charge is 0.338 e. The molecule has 0 fully saturated rings. The Morgan fingerprint density at radius 1 is 0.893 bits per heavy atom. The number of hydrogen-bond donors (Lipinski definition) is 1. The Hall–Kier alpha value is -3.80. The number of esters is 1. The molecule has 4 aromatic rings. The first kappa shape index (κ1) is 17.6. The van der Waals surface area contributed by atoms with Crippen LogP contribution in [0.25, 0.3) is 33.5 Å². The van der Waals surface area contributed by atoms with E-state index in [0.29, 0.717) is 28.9 Å². The molecule has 28 heavy (non-hydrogen) atoms. The topological polar surface area (TPSA) is 91.0 Å². The van der Waals surface area contributed by atoms with E-state index in [1.165, 1.54) is 0 Å². The van der Waals surface area contributed by atoms with Crippen molar-refractivity contribution in [3.05, 3.63) is 72.3 Å². The molecule has 6 heteroatoms. The van der Waals surface area contributed by atoms with Crippen LogP contribution >= 0.6 is 0 Å². The number of rotatable bonds is 4. The third-order valence-electron chi connectivity index (χ3n) is 4.30. The maximum absolute atomic E-state index is 11.8. The maximum Gasteiger partial charge on any atom is 0.338 e. The molecule has 0 bridgehead atoms. The van der Waals surface area contributed by atoms with Gasteiger partial charge in [0.25, 0.3) is 0 Å². The van der Waals surface area contributed by atoms with Gasteiger partial charge in [-0.2, -0.15) is 0 Å². The first-order valence-corrected chi connectivity index (χ1v) is 8.93. The van der Waals surface area contributed by atoms with E-state index in [0.717, 1.165) is 16.8 Å². The molecule has 0 atom stereocenters. The van der Waals surface area contributed by atoms with Gasteiger partial charge in [0, 0.05) is 11.1 Å². The molecular formula is C22H18N4O2. The molecule has 2 N–H and O–H groups in total. The van der Waals surface area contributed by atoms with Gasteiger partial charge in [0.1, 0.15) is 11.2 Å². The summed E-state index contributed by atoms with van der Waals surface area (Å²) in [6.45, 7) is 2.13. The van der Waals surface area contributed by atoms with Gasteiger partial charge in [0.15, 0.2) is 0 Å². The van der Waals surface area contributed by atoms with Crippen LogP contribution in [0.5, 0.6) is 0 Å². The number of aromatic nitrogens is 3. The highest BCUT2D eigenvalue weighted by molar-refractivity contribution is 5.92. The highest BCUT2D eigenvalue weighted by Gasteiger charge is 2.12. The minimum atomic E-state index is -0.337. The summed E-state index contributed by atoms with van der Waals surface area (Å²) in [6.07, 6.45) is 0. The number of nitrogens with zero attached hydrogens (tertiary/aromatic N) is 3. The summed E-state index contributed by atoms with van der Waals surface area (Å²) in [7, 11) is 0. The predicted octanol–water partition coefficient (Wildman–Crippen LogP) is 4.12. The Morgan fingerprint density at radius 2 is 1.64 bits per heavy atom. The van der Waals surface area contributed by atoms with Gasteiger partial charge in [-0.3, -0.25) is 0 Å². The normalized spacial score (nSPS) is 10.8. The lowest BCUT2D eigenvalue weighted by molar-refractivity contribution is 0.0526. The zero-order chi connectivity index (χ0) is 19.5. The second-order valence-electron chi connectivity index (χ2n) is 6.16. The number of anilines is 1. The van der Waals surface area contributed by atoms with Crippen molar-refractivity contribution in [1.29, 1.82) is 0 Å². The molecule has 0 spiro atoms. The van der Waals surface area contributed by atoms with Crippen molar-refractivity contribution in [3.8, 4) is 22.5 Å². The number of ether oxygens (including phenoxy) is 1. The quantitative estimate of drug-likeness (QED) is 0.544. The van der Waals surface area contributed by atoms with Crippen LogP contribution in [0.2, 0.25) is 0 Å². The molecule has 138 valence electrons. The van der Waals surface area contributed by atoms with E-state index < -0.39 is 0 Å². The van der Waals surface area contributed by atoms with Crippen LogP contribution in [0, 0.1) is 0 Å². The van der Waals surface area contributed by atoms with E-state index in [4.69, 9.17) is 15.5 Å². The predicted molar refractivity (Wildman–Crippen MR) is 109 cm³/mol. The Balaban J connectivity index is 1.79.